The lowest BCUT2D eigenvalue weighted by Crippen LogP contribution is -2.68. The van der Waals surface area contributed by atoms with Gasteiger partial charge < -0.3 is 14.9 Å². The highest BCUT2D eigenvalue weighted by molar-refractivity contribution is 7.17. The highest BCUT2D eigenvalue weighted by Gasteiger charge is 2.50. The van der Waals surface area contributed by atoms with Crippen LogP contribution in [0, 0.1) is 0 Å². The summed E-state index contributed by atoms with van der Waals surface area (Å²) < 4.78 is 1.16. The maximum Gasteiger partial charge on any atom is 0.248 e. The van der Waals surface area contributed by atoms with Gasteiger partial charge in [0.05, 0.1) is 6.42 Å². The number of hydrogen-bond acceptors (Lipinski definition) is 4. The Bertz CT molecular complexity index is 1110. The van der Waals surface area contributed by atoms with Gasteiger partial charge in [-0.25, -0.2) is 0 Å². The molecule has 1 fully saturated rings. The zero-order valence-electron chi connectivity index (χ0n) is 18.1. The highest BCUT2D eigenvalue weighted by atomic mass is 35.5. The Morgan fingerprint density at radius 1 is 1.19 bits per heavy atom. The molecule has 0 spiro atoms. The first kappa shape index (κ1) is 22.8. The van der Waals surface area contributed by atoms with E-state index in [0.717, 1.165) is 21.2 Å². The number of nitrogens with zero attached hydrogens (tertiary/aromatic N) is 2. The number of likely N-dealkylation sites (tertiary alicyclic amines) is 1. The summed E-state index contributed by atoms with van der Waals surface area (Å²) in [6, 6.07) is 15.5. The van der Waals surface area contributed by atoms with Crippen molar-refractivity contribution in [3.05, 3.63) is 70.1 Å². The molecule has 2 amide bonds. The summed E-state index contributed by atoms with van der Waals surface area (Å²) in [5.74, 6) is -0.0973. The smallest absolute Gasteiger partial charge is 0.248 e. The number of carbonyl (C=O) groups is 2. The first-order chi connectivity index (χ1) is 15.4. The molecule has 0 aliphatic carbocycles. The Labute approximate surface area is 197 Å². The number of aliphatic hydroxyl groups excluding tert-OH is 1. The van der Waals surface area contributed by atoms with Crippen LogP contribution in [0.1, 0.15) is 30.9 Å². The van der Waals surface area contributed by atoms with Gasteiger partial charge in [0, 0.05) is 36.0 Å². The number of fused-ring (bicyclic) bond motifs is 1. The second-order valence-electron chi connectivity index (χ2n) is 8.43. The van der Waals surface area contributed by atoms with Gasteiger partial charge >= 0.3 is 0 Å². The molecule has 0 bridgehead atoms. The van der Waals surface area contributed by atoms with Crippen LogP contribution in [0.2, 0.25) is 5.02 Å². The monoisotopic (exact) mass is 470 g/mol. The molecule has 7 heteroatoms. The van der Waals surface area contributed by atoms with E-state index in [1.807, 2.05) is 42.6 Å². The van der Waals surface area contributed by atoms with Gasteiger partial charge in [-0.1, -0.05) is 41.9 Å². The summed E-state index contributed by atoms with van der Waals surface area (Å²) in [5, 5.41) is 13.1. The van der Waals surface area contributed by atoms with E-state index in [9.17, 15) is 14.7 Å². The topological polar surface area (TPSA) is 60.9 Å². The predicted molar refractivity (Wildman–Crippen MR) is 129 cm³/mol. The molecule has 1 aliphatic heterocycles. The Balaban J connectivity index is 1.49. The SMILES string of the molecule is CC1(C(=O)N(CCCO)Cc2ccc(Cl)cc2)CCN1C(=O)Cc1csc2ccccc12. The Morgan fingerprint density at radius 2 is 1.94 bits per heavy atom. The van der Waals surface area contributed by atoms with Crippen LogP contribution in [0.4, 0.5) is 0 Å². The molecule has 1 aromatic heterocycles. The van der Waals surface area contributed by atoms with Crippen LogP contribution in [0.3, 0.4) is 0 Å². The van der Waals surface area contributed by atoms with Crippen LogP contribution in [0.25, 0.3) is 10.1 Å². The van der Waals surface area contributed by atoms with Gasteiger partial charge in [0.25, 0.3) is 0 Å². The summed E-state index contributed by atoms with van der Waals surface area (Å²) in [5.41, 5.74) is 1.12. The Hall–Kier alpha value is -2.41. The molecule has 4 rings (SSSR count). The normalized spacial score (nSPS) is 17.9. The van der Waals surface area contributed by atoms with Crippen molar-refractivity contribution >= 4 is 44.8 Å². The van der Waals surface area contributed by atoms with Gasteiger partial charge in [0.2, 0.25) is 11.8 Å². The van der Waals surface area contributed by atoms with Crippen molar-refractivity contribution in [2.45, 2.75) is 38.3 Å². The first-order valence-corrected chi connectivity index (χ1v) is 12.1. The van der Waals surface area contributed by atoms with E-state index in [-0.39, 0.29) is 18.4 Å². The molecule has 0 radical (unpaired) electrons. The molecule has 1 atom stereocenters. The van der Waals surface area contributed by atoms with Crippen LogP contribution in [-0.4, -0.2) is 52.0 Å². The molecule has 5 nitrogen and oxygen atoms in total. The fraction of sp³-hybridized carbons (Fsp3) is 0.360. The van der Waals surface area contributed by atoms with Gasteiger partial charge in [-0.15, -0.1) is 11.3 Å². The first-order valence-electron chi connectivity index (χ1n) is 10.8. The molecule has 1 aliphatic rings. The van der Waals surface area contributed by atoms with Crippen molar-refractivity contribution in [3.63, 3.8) is 0 Å². The molecule has 1 N–H and O–H groups in total. The lowest BCUT2D eigenvalue weighted by molar-refractivity contribution is -0.164. The quantitative estimate of drug-likeness (QED) is 0.527. The van der Waals surface area contributed by atoms with Crippen molar-refractivity contribution in [1.29, 1.82) is 0 Å². The van der Waals surface area contributed by atoms with Crippen LogP contribution >= 0.6 is 22.9 Å². The number of carbonyl (C=O) groups excluding carboxylic acids is 2. The fourth-order valence-corrected chi connectivity index (χ4v) is 5.36. The van der Waals surface area contributed by atoms with Crippen LogP contribution < -0.4 is 0 Å². The highest BCUT2D eigenvalue weighted by Crippen LogP contribution is 2.35. The largest absolute Gasteiger partial charge is 0.396 e. The summed E-state index contributed by atoms with van der Waals surface area (Å²) in [6.45, 7) is 3.30. The van der Waals surface area contributed by atoms with E-state index >= 15 is 0 Å². The number of rotatable bonds is 8. The number of thiophene rings is 1. The van der Waals surface area contributed by atoms with Crippen LogP contribution in [0.15, 0.2) is 53.9 Å². The van der Waals surface area contributed by atoms with Crippen molar-refractivity contribution in [1.82, 2.24) is 9.80 Å². The minimum Gasteiger partial charge on any atom is -0.396 e. The second kappa shape index (κ2) is 9.61. The molecule has 0 saturated carbocycles. The summed E-state index contributed by atoms with van der Waals surface area (Å²) in [7, 11) is 0. The summed E-state index contributed by atoms with van der Waals surface area (Å²) in [6.07, 6.45) is 1.42. The third kappa shape index (κ3) is 4.53. The maximum absolute atomic E-state index is 13.6. The molecule has 2 heterocycles. The van der Waals surface area contributed by atoms with Crippen molar-refractivity contribution < 1.29 is 14.7 Å². The summed E-state index contributed by atoms with van der Waals surface area (Å²) >= 11 is 7.63. The zero-order chi connectivity index (χ0) is 22.7. The van der Waals surface area contributed by atoms with Gasteiger partial charge in [-0.3, -0.25) is 9.59 Å². The van der Waals surface area contributed by atoms with Crippen molar-refractivity contribution in [2.24, 2.45) is 0 Å². The Kier molecular flexibility index (Phi) is 6.84. The third-order valence-electron chi connectivity index (χ3n) is 6.24. The van der Waals surface area contributed by atoms with Gasteiger partial charge in [0.15, 0.2) is 0 Å². The van der Waals surface area contributed by atoms with Gasteiger partial charge in [0.1, 0.15) is 5.54 Å². The van der Waals surface area contributed by atoms with E-state index in [2.05, 4.69) is 6.07 Å². The average molecular weight is 471 g/mol. The lowest BCUT2D eigenvalue weighted by Gasteiger charge is -2.51. The van der Waals surface area contributed by atoms with Crippen LogP contribution in [0.5, 0.6) is 0 Å². The zero-order valence-corrected chi connectivity index (χ0v) is 19.7. The molecule has 168 valence electrons. The van der Waals surface area contributed by atoms with Gasteiger partial charge in [-0.05, 0) is 59.9 Å². The number of benzene rings is 2. The number of amides is 2. The number of aliphatic hydroxyl groups is 1. The van der Waals surface area contributed by atoms with Crippen molar-refractivity contribution in [2.75, 3.05) is 19.7 Å². The van der Waals surface area contributed by atoms with E-state index < -0.39 is 5.54 Å². The second-order valence-corrected chi connectivity index (χ2v) is 9.78. The van der Waals surface area contributed by atoms with E-state index in [1.54, 1.807) is 33.3 Å². The molecular weight excluding hydrogens is 444 g/mol. The fourth-order valence-electron chi connectivity index (χ4n) is 4.27. The molecule has 2 aromatic carbocycles. The Morgan fingerprint density at radius 3 is 2.62 bits per heavy atom. The van der Waals surface area contributed by atoms with Crippen molar-refractivity contribution in [3.8, 4) is 0 Å². The van der Waals surface area contributed by atoms with Crippen LogP contribution in [-0.2, 0) is 22.6 Å². The molecule has 1 unspecified atom stereocenters. The van der Waals surface area contributed by atoms with E-state index in [0.29, 0.717) is 43.9 Å². The third-order valence-corrected chi connectivity index (χ3v) is 7.51. The minimum atomic E-state index is -0.856. The lowest BCUT2D eigenvalue weighted by atomic mass is 9.84. The molecule has 3 aromatic rings. The average Bonchev–Trinajstić information content (AvgIpc) is 3.19. The molecule has 1 saturated heterocycles. The van der Waals surface area contributed by atoms with Gasteiger partial charge in [-0.2, -0.15) is 0 Å². The van der Waals surface area contributed by atoms with E-state index in [4.69, 9.17) is 11.6 Å². The molecule has 32 heavy (non-hydrogen) atoms. The number of halogens is 1. The standard InChI is InChI=1S/C25H27ClN2O3S/c1-25(24(31)27(12-4-14-29)16-18-7-9-20(26)10-8-18)11-13-28(25)23(30)15-19-17-32-22-6-3-2-5-21(19)22/h2-3,5-10,17,29H,4,11-16H2,1H3. The summed E-state index contributed by atoms with van der Waals surface area (Å²) in [4.78, 5) is 30.2. The predicted octanol–water partition coefficient (Wildman–Crippen LogP) is 4.50. The number of hydrogen-bond donors (Lipinski definition) is 1. The molecular formula is C25H27ClN2O3S. The van der Waals surface area contributed by atoms with E-state index in [1.165, 1.54) is 0 Å². The maximum atomic E-state index is 13.6. The minimum absolute atomic E-state index is 0.00892.